The van der Waals surface area contributed by atoms with Crippen molar-refractivity contribution in [1.82, 2.24) is 16.0 Å². The van der Waals surface area contributed by atoms with Crippen molar-refractivity contribution in [3.05, 3.63) is 24.2 Å². The molecule has 1 aliphatic heterocycles. The molecular formula is C19H30N4O3. The Morgan fingerprint density at radius 3 is 2.69 bits per heavy atom. The number of rotatable bonds is 9. The monoisotopic (exact) mass is 362 g/mol. The summed E-state index contributed by atoms with van der Waals surface area (Å²) >= 11 is 0. The van der Waals surface area contributed by atoms with Crippen molar-refractivity contribution in [2.24, 2.45) is 10.9 Å². The molecule has 7 nitrogen and oxygen atoms in total. The first-order valence-electron chi connectivity index (χ1n) is 9.75. The molecule has 3 rings (SSSR count). The number of carbonyl (C=O) groups excluding carboxylic acids is 1. The van der Waals surface area contributed by atoms with Gasteiger partial charge in [0.15, 0.2) is 5.96 Å². The van der Waals surface area contributed by atoms with Gasteiger partial charge >= 0.3 is 0 Å². The summed E-state index contributed by atoms with van der Waals surface area (Å²) in [6, 6.07) is 3.86. The molecule has 2 fully saturated rings. The Morgan fingerprint density at radius 1 is 1.12 bits per heavy atom. The van der Waals surface area contributed by atoms with Gasteiger partial charge in [-0.05, 0) is 44.2 Å². The van der Waals surface area contributed by atoms with Crippen molar-refractivity contribution in [2.75, 3.05) is 32.8 Å². The highest BCUT2D eigenvalue weighted by atomic mass is 16.5. The quantitative estimate of drug-likeness (QED) is 0.352. The van der Waals surface area contributed by atoms with E-state index in [1.807, 2.05) is 12.1 Å². The molecule has 0 radical (unpaired) electrons. The highest BCUT2D eigenvalue weighted by Gasteiger charge is 2.28. The number of guanidine groups is 1. The molecule has 1 amide bonds. The second kappa shape index (κ2) is 10.2. The summed E-state index contributed by atoms with van der Waals surface area (Å²) in [7, 11) is 0. The first kappa shape index (κ1) is 18.8. The maximum absolute atomic E-state index is 11.7. The van der Waals surface area contributed by atoms with Crippen LogP contribution in [0, 0.1) is 5.92 Å². The van der Waals surface area contributed by atoms with Crippen LogP contribution in [0.3, 0.4) is 0 Å². The summed E-state index contributed by atoms with van der Waals surface area (Å²) in [5, 5.41) is 9.58. The van der Waals surface area contributed by atoms with Gasteiger partial charge in [0.05, 0.1) is 18.9 Å². The van der Waals surface area contributed by atoms with E-state index in [0.29, 0.717) is 19.6 Å². The molecule has 1 saturated carbocycles. The molecule has 2 heterocycles. The number of furan rings is 1. The maximum atomic E-state index is 11.7. The van der Waals surface area contributed by atoms with Crippen LogP contribution < -0.4 is 16.0 Å². The number of hydrogen-bond acceptors (Lipinski definition) is 4. The first-order chi connectivity index (χ1) is 12.8. The number of carbonyl (C=O) groups is 1. The topological polar surface area (TPSA) is 87.9 Å². The van der Waals surface area contributed by atoms with Gasteiger partial charge in [0.1, 0.15) is 5.76 Å². The van der Waals surface area contributed by atoms with E-state index < -0.39 is 0 Å². The Labute approximate surface area is 155 Å². The van der Waals surface area contributed by atoms with E-state index >= 15 is 0 Å². The van der Waals surface area contributed by atoms with Crippen LogP contribution >= 0.6 is 0 Å². The fraction of sp³-hybridized carbons (Fsp3) is 0.684. The predicted octanol–water partition coefficient (Wildman–Crippen LogP) is 1.45. The number of aliphatic imine (C=N–C) groups is 1. The Morgan fingerprint density at radius 2 is 1.96 bits per heavy atom. The van der Waals surface area contributed by atoms with Gasteiger partial charge in [-0.25, -0.2) is 0 Å². The zero-order chi connectivity index (χ0) is 18.0. The van der Waals surface area contributed by atoms with E-state index in [-0.39, 0.29) is 17.9 Å². The number of nitrogens with one attached hydrogen (secondary N) is 3. The predicted molar refractivity (Wildman–Crippen MR) is 100 cm³/mol. The Bertz CT molecular complexity index is 563. The third-order valence-electron chi connectivity index (χ3n) is 4.64. The van der Waals surface area contributed by atoms with E-state index in [1.165, 1.54) is 6.42 Å². The lowest BCUT2D eigenvalue weighted by Gasteiger charge is -2.21. The summed E-state index contributed by atoms with van der Waals surface area (Å²) in [6.07, 6.45) is 8.18. The van der Waals surface area contributed by atoms with Gasteiger partial charge in [-0.15, -0.1) is 0 Å². The summed E-state index contributed by atoms with van der Waals surface area (Å²) in [5.74, 6) is 2.13. The molecule has 0 bridgehead atoms. The lowest BCUT2D eigenvalue weighted by atomic mass is 10.1. The van der Waals surface area contributed by atoms with E-state index in [0.717, 1.165) is 57.0 Å². The fourth-order valence-electron chi connectivity index (χ4n) is 2.93. The average molecular weight is 362 g/mol. The van der Waals surface area contributed by atoms with Crippen LogP contribution in [0.2, 0.25) is 0 Å². The minimum absolute atomic E-state index is 0.173. The highest BCUT2D eigenvalue weighted by Crippen LogP contribution is 2.28. The molecule has 1 aliphatic carbocycles. The zero-order valence-electron chi connectivity index (χ0n) is 15.3. The van der Waals surface area contributed by atoms with Gasteiger partial charge in [-0.3, -0.25) is 9.79 Å². The van der Waals surface area contributed by atoms with Gasteiger partial charge in [0.2, 0.25) is 5.91 Å². The van der Waals surface area contributed by atoms with Crippen LogP contribution in [0.5, 0.6) is 0 Å². The maximum Gasteiger partial charge on any atom is 0.223 e. The van der Waals surface area contributed by atoms with E-state index in [9.17, 15) is 4.79 Å². The van der Waals surface area contributed by atoms with Crippen LogP contribution in [0.15, 0.2) is 27.8 Å². The molecule has 1 aromatic rings. The summed E-state index contributed by atoms with van der Waals surface area (Å²) in [5.41, 5.74) is 0. The van der Waals surface area contributed by atoms with Crippen molar-refractivity contribution >= 4 is 11.9 Å². The molecule has 0 spiro atoms. The molecule has 1 atom stereocenters. The SMILES string of the molecule is O=C(NCCNC(=NCC1CCCCO1)NCCc1ccco1)C1CC1. The van der Waals surface area contributed by atoms with E-state index in [4.69, 9.17) is 9.15 Å². The summed E-state index contributed by atoms with van der Waals surface area (Å²) in [6.45, 7) is 3.48. The van der Waals surface area contributed by atoms with Crippen LogP contribution in [-0.4, -0.2) is 50.8 Å². The third-order valence-corrected chi connectivity index (χ3v) is 4.64. The van der Waals surface area contributed by atoms with Crippen LogP contribution in [0.25, 0.3) is 0 Å². The number of amides is 1. The van der Waals surface area contributed by atoms with Gasteiger partial charge in [-0.1, -0.05) is 0 Å². The van der Waals surface area contributed by atoms with Crippen LogP contribution in [-0.2, 0) is 16.0 Å². The molecule has 26 heavy (non-hydrogen) atoms. The third kappa shape index (κ3) is 6.71. The fourth-order valence-corrected chi connectivity index (χ4v) is 2.93. The molecule has 1 aromatic heterocycles. The highest BCUT2D eigenvalue weighted by molar-refractivity contribution is 5.81. The smallest absolute Gasteiger partial charge is 0.223 e. The van der Waals surface area contributed by atoms with Crippen molar-refractivity contribution in [2.45, 2.75) is 44.6 Å². The Kier molecular flexibility index (Phi) is 7.37. The minimum atomic E-state index is 0.173. The second-order valence-electron chi connectivity index (χ2n) is 6.93. The van der Waals surface area contributed by atoms with Gasteiger partial charge in [0, 0.05) is 38.6 Å². The number of ether oxygens (including phenoxy) is 1. The van der Waals surface area contributed by atoms with Gasteiger partial charge in [0.25, 0.3) is 0 Å². The van der Waals surface area contributed by atoms with Gasteiger partial charge < -0.3 is 25.1 Å². The van der Waals surface area contributed by atoms with Crippen molar-refractivity contribution in [3.8, 4) is 0 Å². The molecule has 1 saturated heterocycles. The molecule has 1 unspecified atom stereocenters. The van der Waals surface area contributed by atoms with Crippen molar-refractivity contribution in [1.29, 1.82) is 0 Å². The lowest BCUT2D eigenvalue weighted by molar-refractivity contribution is -0.122. The van der Waals surface area contributed by atoms with E-state index in [1.54, 1.807) is 6.26 Å². The molecule has 7 heteroatoms. The summed E-state index contributed by atoms with van der Waals surface area (Å²) in [4.78, 5) is 16.3. The lowest BCUT2D eigenvalue weighted by Crippen LogP contribution is -2.43. The molecule has 2 aliphatic rings. The van der Waals surface area contributed by atoms with E-state index in [2.05, 4.69) is 20.9 Å². The van der Waals surface area contributed by atoms with Crippen LogP contribution in [0.4, 0.5) is 0 Å². The normalized spacial score (nSPS) is 20.6. The largest absolute Gasteiger partial charge is 0.469 e. The summed E-state index contributed by atoms with van der Waals surface area (Å²) < 4.78 is 11.1. The average Bonchev–Trinajstić information content (AvgIpc) is 3.40. The number of hydrogen-bond donors (Lipinski definition) is 3. The Hall–Kier alpha value is -2.02. The first-order valence-corrected chi connectivity index (χ1v) is 9.75. The molecule has 3 N–H and O–H groups in total. The minimum Gasteiger partial charge on any atom is -0.469 e. The number of nitrogens with zero attached hydrogens (tertiary/aromatic N) is 1. The molecule has 144 valence electrons. The standard InChI is InChI=1S/C19H30N4O3/c24-18(15-6-7-15)20-10-11-22-19(21-9-8-16-5-3-13-25-16)23-14-17-4-1-2-12-26-17/h3,5,13,15,17H,1-2,4,6-12,14H2,(H,20,24)(H2,21,22,23). The molecular weight excluding hydrogens is 332 g/mol. The second-order valence-corrected chi connectivity index (χ2v) is 6.93. The van der Waals surface area contributed by atoms with Crippen LogP contribution in [0.1, 0.15) is 37.9 Å². The Balaban J connectivity index is 1.40. The van der Waals surface area contributed by atoms with Crippen molar-refractivity contribution < 1.29 is 13.9 Å². The zero-order valence-corrected chi connectivity index (χ0v) is 15.3. The van der Waals surface area contributed by atoms with Gasteiger partial charge in [-0.2, -0.15) is 0 Å². The van der Waals surface area contributed by atoms with Crippen molar-refractivity contribution in [3.63, 3.8) is 0 Å². The molecule has 0 aromatic carbocycles.